The molecule has 0 spiro atoms. The van der Waals surface area contributed by atoms with E-state index in [4.69, 9.17) is 11.5 Å². The molecule has 18 heavy (non-hydrogen) atoms. The van der Waals surface area contributed by atoms with Crippen LogP contribution in [0, 0.1) is 0 Å². The van der Waals surface area contributed by atoms with Crippen molar-refractivity contribution in [1.29, 1.82) is 0 Å². The van der Waals surface area contributed by atoms with E-state index in [2.05, 4.69) is 23.9 Å². The highest BCUT2D eigenvalue weighted by molar-refractivity contribution is 4.76. The average Bonchev–Trinajstić information content (AvgIpc) is 2.92. The first-order valence-electron chi connectivity index (χ1n) is 7.49. The van der Waals surface area contributed by atoms with E-state index in [1.54, 1.807) is 0 Å². The van der Waals surface area contributed by atoms with Crippen LogP contribution in [0.3, 0.4) is 0 Å². The molecule has 2 saturated heterocycles. The topological polar surface area (TPSA) is 58.5 Å². The van der Waals surface area contributed by atoms with E-state index in [1.807, 2.05) is 0 Å². The van der Waals surface area contributed by atoms with Crippen molar-refractivity contribution in [2.75, 3.05) is 40.3 Å². The van der Waals surface area contributed by atoms with Gasteiger partial charge in [0.25, 0.3) is 0 Å². The highest BCUT2D eigenvalue weighted by Gasteiger charge is 2.19. The summed E-state index contributed by atoms with van der Waals surface area (Å²) >= 11 is 0. The Bertz CT molecular complexity index is 188. The van der Waals surface area contributed by atoms with Crippen LogP contribution in [0.25, 0.3) is 0 Å². The molecule has 2 aliphatic rings. The Morgan fingerprint density at radius 1 is 0.833 bits per heavy atom. The van der Waals surface area contributed by atoms with Crippen LogP contribution in [0.2, 0.25) is 0 Å². The first-order chi connectivity index (χ1) is 8.69. The lowest BCUT2D eigenvalue weighted by Gasteiger charge is -2.17. The van der Waals surface area contributed by atoms with E-state index in [1.165, 1.54) is 51.6 Å². The zero-order valence-corrected chi connectivity index (χ0v) is 12.3. The van der Waals surface area contributed by atoms with Crippen molar-refractivity contribution in [1.82, 2.24) is 9.80 Å². The lowest BCUT2D eigenvalue weighted by atomic mass is 10.1. The minimum atomic E-state index is 0.787. The molecule has 2 fully saturated rings. The van der Waals surface area contributed by atoms with Crippen molar-refractivity contribution >= 4 is 0 Å². The molecule has 108 valence electrons. The van der Waals surface area contributed by atoms with Gasteiger partial charge in [0.2, 0.25) is 0 Å². The van der Waals surface area contributed by atoms with E-state index < -0.39 is 0 Å². The maximum Gasteiger partial charge on any atom is 0.0105 e. The fraction of sp³-hybridized carbons (Fsp3) is 1.00. The molecule has 0 aromatic heterocycles. The second kappa shape index (κ2) is 8.86. The molecule has 4 nitrogen and oxygen atoms in total. The number of nitrogens with two attached hydrogens (primary N) is 2. The molecule has 2 rings (SSSR count). The van der Waals surface area contributed by atoms with Crippen molar-refractivity contribution < 1.29 is 0 Å². The Morgan fingerprint density at radius 3 is 1.44 bits per heavy atom. The minimum Gasteiger partial charge on any atom is -0.330 e. The summed E-state index contributed by atoms with van der Waals surface area (Å²) in [6.45, 7) is 4.22. The molecule has 0 radical (unpaired) electrons. The summed E-state index contributed by atoms with van der Waals surface area (Å²) in [5.74, 6) is 0. The Balaban J connectivity index is 0.000000180. The SMILES string of the molecule is CN1CCCC1CCN.CN1CCCC1CCN. The maximum absolute atomic E-state index is 5.44. The third-order valence-corrected chi connectivity index (χ3v) is 4.34. The summed E-state index contributed by atoms with van der Waals surface area (Å²) in [4.78, 5) is 4.82. The Morgan fingerprint density at radius 2 is 1.22 bits per heavy atom. The van der Waals surface area contributed by atoms with Gasteiger partial charge in [0.1, 0.15) is 0 Å². The number of rotatable bonds is 4. The molecule has 4 heteroatoms. The van der Waals surface area contributed by atoms with Gasteiger partial charge in [-0.1, -0.05) is 0 Å². The first kappa shape index (κ1) is 15.9. The second-order valence-electron chi connectivity index (χ2n) is 5.71. The van der Waals surface area contributed by atoms with Gasteiger partial charge in [0.15, 0.2) is 0 Å². The van der Waals surface area contributed by atoms with Gasteiger partial charge in [-0.25, -0.2) is 0 Å². The quantitative estimate of drug-likeness (QED) is 0.783. The summed E-state index contributed by atoms with van der Waals surface area (Å²) in [7, 11) is 4.38. The monoisotopic (exact) mass is 256 g/mol. The van der Waals surface area contributed by atoms with Crippen molar-refractivity contribution in [2.24, 2.45) is 11.5 Å². The van der Waals surface area contributed by atoms with Gasteiger partial charge in [-0.15, -0.1) is 0 Å². The van der Waals surface area contributed by atoms with Crippen molar-refractivity contribution in [3.63, 3.8) is 0 Å². The fourth-order valence-corrected chi connectivity index (χ4v) is 3.07. The summed E-state index contributed by atoms with van der Waals surface area (Å²) in [6, 6.07) is 1.57. The standard InChI is InChI=1S/2C7H16N2/c2*1-9-6-2-3-7(9)4-5-8/h2*7H,2-6,8H2,1H3. The molecule has 4 N–H and O–H groups in total. The van der Waals surface area contributed by atoms with Crippen LogP contribution in [0.15, 0.2) is 0 Å². The van der Waals surface area contributed by atoms with Crippen LogP contribution in [-0.2, 0) is 0 Å². The Labute approximate surface area is 113 Å². The molecule has 2 atom stereocenters. The number of likely N-dealkylation sites (tertiary alicyclic amines) is 2. The van der Waals surface area contributed by atoms with E-state index in [9.17, 15) is 0 Å². The lowest BCUT2D eigenvalue weighted by molar-refractivity contribution is 0.299. The molecule has 0 amide bonds. The average molecular weight is 256 g/mol. The first-order valence-corrected chi connectivity index (χ1v) is 7.49. The highest BCUT2D eigenvalue weighted by Crippen LogP contribution is 2.17. The molecule has 2 heterocycles. The normalized spacial score (nSPS) is 29.3. The summed E-state index contributed by atoms with van der Waals surface area (Å²) in [5.41, 5.74) is 10.9. The predicted molar refractivity (Wildman–Crippen MR) is 78.6 cm³/mol. The van der Waals surface area contributed by atoms with Crippen LogP contribution in [0.1, 0.15) is 38.5 Å². The number of hydrogen-bond donors (Lipinski definition) is 2. The fourth-order valence-electron chi connectivity index (χ4n) is 3.07. The highest BCUT2D eigenvalue weighted by atomic mass is 15.1. The molecule has 0 aromatic carbocycles. The van der Waals surface area contributed by atoms with E-state index in [0.717, 1.165) is 25.2 Å². The zero-order chi connectivity index (χ0) is 13.4. The summed E-state index contributed by atoms with van der Waals surface area (Å²) < 4.78 is 0. The smallest absolute Gasteiger partial charge is 0.0105 e. The number of hydrogen-bond acceptors (Lipinski definition) is 4. The van der Waals surface area contributed by atoms with Crippen LogP contribution in [-0.4, -0.2) is 62.2 Å². The molecule has 2 aliphatic heterocycles. The van der Waals surface area contributed by atoms with Gasteiger partial charge >= 0.3 is 0 Å². The molecule has 0 bridgehead atoms. The summed E-state index contributed by atoms with van der Waals surface area (Å²) in [6.07, 6.45) is 7.79. The summed E-state index contributed by atoms with van der Waals surface area (Å²) in [5, 5.41) is 0. The molecule has 0 aliphatic carbocycles. The predicted octanol–water partition coefficient (Wildman–Crippen LogP) is 0.859. The van der Waals surface area contributed by atoms with Gasteiger partial charge in [-0.05, 0) is 78.8 Å². The zero-order valence-electron chi connectivity index (χ0n) is 12.3. The molecule has 0 saturated carbocycles. The third-order valence-electron chi connectivity index (χ3n) is 4.34. The van der Waals surface area contributed by atoms with Gasteiger partial charge < -0.3 is 21.3 Å². The molecular weight excluding hydrogens is 224 g/mol. The van der Waals surface area contributed by atoms with Crippen molar-refractivity contribution in [3.8, 4) is 0 Å². The molecular formula is C14H32N4. The maximum atomic E-state index is 5.44. The van der Waals surface area contributed by atoms with Crippen LogP contribution >= 0.6 is 0 Å². The number of nitrogens with zero attached hydrogens (tertiary/aromatic N) is 2. The minimum absolute atomic E-state index is 0.787. The van der Waals surface area contributed by atoms with Crippen molar-refractivity contribution in [3.05, 3.63) is 0 Å². The lowest BCUT2D eigenvalue weighted by Crippen LogP contribution is -2.27. The largest absolute Gasteiger partial charge is 0.330 e. The van der Waals surface area contributed by atoms with E-state index >= 15 is 0 Å². The Hall–Kier alpha value is -0.160. The Kier molecular flexibility index (Phi) is 7.82. The van der Waals surface area contributed by atoms with Gasteiger partial charge in [-0.3, -0.25) is 0 Å². The van der Waals surface area contributed by atoms with Crippen molar-refractivity contribution in [2.45, 2.75) is 50.6 Å². The van der Waals surface area contributed by atoms with E-state index in [-0.39, 0.29) is 0 Å². The van der Waals surface area contributed by atoms with Gasteiger partial charge in [0.05, 0.1) is 0 Å². The van der Waals surface area contributed by atoms with Gasteiger partial charge in [0, 0.05) is 12.1 Å². The van der Waals surface area contributed by atoms with Crippen LogP contribution < -0.4 is 11.5 Å². The van der Waals surface area contributed by atoms with Crippen LogP contribution in [0.5, 0.6) is 0 Å². The van der Waals surface area contributed by atoms with Crippen LogP contribution in [0.4, 0.5) is 0 Å². The van der Waals surface area contributed by atoms with E-state index in [0.29, 0.717) is 0 Å². The molecule has 0 aromatic rings. The third kappa shape index (κ3) is 5.22. The molecule has 2 unspecified atom stereocenters. The van der Waals surface area contributed by atoms with Gasteiger partial charge in [-0.2, -0.15) is 0 Å². The second-order valence-corrected chi connectivity index (χ2v) is 5.71.